The van der Waals surface area contributed by atoms with Crippen molar-refractivity contribution in [2.24, 2.45) is 0 Å². The minimum atomic E-state index is -0.238. The molecule has 1 aliphatic heterocycles. The SMILES string of the molecule is O=C1CCCC2=C1C(c1ccccc1)n1nc(-c3ccncc3)nc1N2. The molecule has 5 rings (SSSR count). The zero-order valence-corrected chi connectivity index (χ0v) is 14.1. The minimum Gasteiger partial charge on any atom is -0.328 e. The maximum absolute atomic E-state index is 12.7. The molecule has 3 aromatic rings. The highest BCUT2D eigenvalue weighted by Crippen LogP contribution is 2.40. The van der Waals surface area contributed by atoms with Gasteiger partial charge in [0.25, 0.3) is 0 Å². The summed E-state index contributed by atoms with van der Waals surface area (Å²) in [5, 5.41) is 8.08. The molecule has 1 aliphatic carbocycles. The summed E-state index contributed by atoms with van der Waals surface area (Å²) in [6.45, 7) is 0. The number of hydrogen-bond donors (Lipinski definition) is 1. The highest BCUT2D eigenvalue weighted by Gasteiger charge is 2.36. The van der Waals surface area contributed by atoms with Gasteiger partial charge in [-0.05, 0) is 30.5 Å². The van der Waals surface area contributed by atoms with Gasteiger partial charge < -0.3 is 5.32 Å². The van der Waals surface area contributed by atoms with Crippen LogP contribution in [-0.2, 0) is 4.79 Å². The number of anilines is 1. The smallest absolute Gasteiger partial charge is 0.226 e. The molecule has 1 unspecified atom stereocenters. The van der Waals surface area contributed by atoms with Crippen LogP contribution in [0.5, 0.6) is 0 Å². The van der Waals surface area contributed by atoms with Crippen molar-refractivity contribution in [1.29, 1.82) is 0 Å². The maximum atomic E-state index is 12.7. The molecule has 0 spiro atoms. The average molecular weight is 343 g/mol. The third kappa shape index (κ3) is 2.34. The Morgan fingerprint density at radius 2 is 1.85 bits per heavy atom. The first kappa shape index (κ1) is 15.0. The van der Waals surface area contributed by atoms with Crippen LogP contribution in [0.15, 0.2) is 66.1 Å². The van der Waals surface area contributed by atoms with Crippen molar-refractivity contribution in [3.8, 4) is 11.4 Å². The fourth-order valence-electron chi connectivity index (χ4n) is 3.72. The number of allylic oxidation sites excluding steroid dienone is 2. The summed E-state index contributed by atoms with van der Waals surface area (Å²) < 4.78 is 1.84. The standard InChI is InChI=1S/C20H17N5O/c26-16-8-4-7-15-17(16)18(13-5-2-1-3-6-13)25-20(22-15)23-19(24-25)14-9-11-21-12-10-14/h1-3,5-6,9-12,18H,4,7-8H2,(H,22,23,24). The third-order valence-electron chi connectivity index (χ3n) is 4.92. The van der Waals surface area contributed by atoms with E-state index in [-0.39, 0.29) is 11.8 Å². The van der Waals surface area contributed by atoms with Crippen LogP contribution in [-0.4, -0.2) is 25.5 Å². The number of hydrogen-bond acceptors (Lipinski definition) is 5. The summed E-state index contributed by atoms with van der Waals surface area (Å²) in [4.78, 5) is 21.5. The van der Waals surface area contributed by atoms with E-state index in [0.717, 1.165) is 35.2 Å². The maximum Gasteiger partial charge on any atom is 0.226 e. The van der Waals surface area contributed by atoms with Crippen molar-refractivity contribution in [1.82, 2.24) is 19.7 Å². The van der Waals surface area contributed by atoms with E-state index in [0.29, 0.717) is 18.2 Å². The van der Waals surface area contributed by atoms with Gasteiger partial charge in [-0.15, -0.1) is 5.10 Å². The topological polar surface area (TPSA) is 72.7 Å². The Balaban J connectivity index is 1.69. The van der Waals surface area contributed by atoms with Crippen molar-refractivity contribution >= 4 is 11.7 Å². The van der Waals surface area contributed by atoms with Gasteiger partial charge >= 0.3 is 0 Å². The molecule has 2 aliphatic rings. The van der Waals surface area contributed by atoms with Crippen molar-refractivity contribution < 1.29 is 4.79 Å². The van der Waals surface area contributed by atoms with E-state index in [1.54, 1.807) is 12.4 Å². The Labute approximate surface area is 150 Å². The van der Waals surface area contributed by atoms with E-state index < -0.39 is 0 Å². The number of nitrogens with one attached hydrogen (secondary N) is 1. The molecule has 6 nitrogen and oxygen atoms in total. The van der Waals surface area contributed by atoms with Gasteiger partial charge in [0.2, 0.25) is 5.95 Å². The molecule has 1 aromatic carbocycles. The predicted octanol–water partition coefficient (Wildman–Crippen LogP) is 3.36. The van der Waals surface area contributed by atoms with Crippen LogP contribution in [0.25, 0.3) is 11.4 Å². The summed E-state index contributed by atoms with van der Waals surface area (Å²) in [6, 6.07) is 13.6. The number of pyridine rings is 1. The van der Waals surface area contributed by atoms with Crippen LogP contribution in [0.4, 0.5) is 5.95 Å². The monoisotopic (exact) mass is 343 g/mol. The van der Waals surface area contributed by atoms with E-state index in [2.05, 4.69) is 15.3 Å². The van der Waals surface area contributed by atoms with Crippen molar-refractivity contribution in [3.05, 3.63) is 71.7 Å². The number of nitrogens with zero attached hydrogens (tertiary/aromatic N) is 4. The lowest BCUT2D eigenvalue weighted by Crippen LogP contribution is -2.31. The molecular weight excluding hydrogens is 326 g/mol. The Kier molecular flexibility index (Phi) is 3.41. The first-order chi connectivity index (χ1) is 12.8. The van der Waals surface area contributed by atoms with Gasteiger partial charge in [0.05, 0.1) is 0 Å². The molecular formula is C20H17N5O. The van der Waals surface area contributed by atoms with Gasteiger partial charge in [-0.1, -0.05) is 30.3 Å². The zero-order chi connectivity index (χ0) is 17.5. The summed E-state index contributed by atoms with van der Waals surface area (Å²) >= 11 is 0. The van der Waals surface area contributed by atoms with Crippen LogP contribution >= 0.6 is 0 Å². The number of aromatic nitrogens is 4. The van der Waals surface area contributed by atoms with E-state index in [1.807, 2.05) is 47.1 Å². The van der Waals surface area contributed by atoms with Crippen LogP contribution in [0, 0.1) is 0 Å². The Morgan fingerprint density at radius 3 is 2.65 bits per heavy atom. The van der Waals surface area contributed by atoms with Crippen LogP contribution in [0.1, 0.15) is 30.9 Å². The second-order valence-corrected chi connectivity index (χ2v) is 6.55. The number of fused-ring (bicyclic) bond motifs is 1. The normalized spacial score (nSPS) is 18.9. The molecule has 0 radical (unpaired) electrons. The molecule has 0 saturated carbocycles. The number of Topliss-reactive ketones (excluding diaryl/α,β-unsaturated/α-hetero) is 1. The molecule has 0 bridgehead atoms. The molecule has 26 heavy (non-hydrogen) atoms. The largest absolute Gasteiger partial charge is 0.328 e. The van der Waals surface area contributed by atoms with Gasteiger partial charge in [0, 0.05) is 35.6 Å². The van der Waals surface area contributed by atoms with Gasteiger partial charge in [-0.3, -0.25) is 9.78 Å². The lowest BCUT2D eigenvalue weighted by molar-refractivity contribution is -0.116. The fourth-order valence-corrected chi connectivity index (χ4v) is 3.72. The first-order valence-electron chi connectivity index (χ1n) is 8.76. The number of carbonyl (C=O) groups excluding carboxylic acids is 1. The number of rotatable bonds is 2. The first-order valence-corrected chi connectivity index (χ1v) is 8.76. The second kappa shape index (κ2) is 5.91. The highest BCUT2D eigenvalue weighted by molar-refractivity contribution is 5.99. The fraction of sp³-hybridized carbons (Fsp3) is 0.200. The van der Waals surface area contributed by atoms with Crippen molar-refractivity contribution in [2.45, 2.75) is 25.3 Å². The molecule has 0 amide bonds. The van der Waals surface area contributed by atoms with Gasteiger partial charge in [0.1, 0.15) is 6.04 Å². The summed E-state index contributed by atoms with van der Waals surface area (Å²) in [5.41, 5.74) is 3.75. The molecule has 6 heteroatoms. The lowest BCUT2D eigenvalue weighted by Gasteiger charge is -2.32. The highest BCUT2D eigenvalue weighted by atomic mass is 16.1. The lowest BCUT2D eigenvalue weighted by atomic mass is 9.85. The van der Waals surface area contributed by atoms with E-state index in [4.69, 9.17) is 5.10 Å². The summed E-state index contributed by atoms with van der Waals surface area (Å²) in [6.07, 6.45) is 5.78. The number of ketones is 1. The van der Waals surface area contributed by atoms with E-state index >= 15 is 0 Å². The molecule has 1 N–H and O–H groups in total. The quantitative estimate of drug-likeness (QED) is 0.772. The zero-order valence-electron chi connectivity index (χ0n) is 14.1. The van der Waals surface area contributed by atoms with Crippen LogP contribution in [0.3, 0.4) is 0 Å². The molecule has 1 atom stereocenters. The van der Waals surface area contributed by atoms with E-state index in [9.17, 15) is 4.79 Å². The predicted molar refractivity (Wildman–Crippen MR) is 97.3 cm³/mol. The number of carbonyl (C=O) groups is 1. The molecule has 3 heterocycles. The number of benzene rings is 1. The third-order valence-corrected chi connectivity index (χ3v) is 4.92. The summed E-state index contributed by atoms with van der Waals surface area (Å²) in [5.74, 6) is 1.50. The average Bonchev–Trinajstić information content (AvgIpc) is 3.12. The Hall–Kier alpha value is -3.28. The van der Waals surface area contributed by atoms with Gasteiger partial charge in [0.15, 0.2) is 11.6 Å². The van der Waals surface area contributed by atoms with E-state index in [1.165, 1.54) is 0 Å². The second-order valence-electron chi connectivity index (χ2n) is 6.55. The molecule has 0 saturated heterocycles. The Morgan fingerprint density at radius 1 is 1.04 bits per heavy atom. The summed E-state index contributed by atoms with van der Waals surface area (Å²) in [7, 11) is 0. The molecule has 2 aromatic heterocycles. The van der Waals surface area contributed by atoms with Crippen LogP contribution in [0.2, 0.25) is 0 Å². The van der Waals surface area contributed by atoms with Gasteiger partial charge in [-0.2, -0.15) is 4.98 Å². The minimum absolute atomic E-state index is 0.194. The van der Waals surface area contributed by atoms with Crippen molar-refractivity contribution in [3.63, 3.8) is 0 Å². The van der Waals surface area contributed by atoms with Crippen LogP contribution < -0.4 is 5.32 Å². The van der Waals surface area contributed by atoms with Gasteiger partial charge in [-0.25, -0.2) is 4.68 Å². The van der Waals surface area contributed by atoms with Crippen molar-refractivity contribution in [2.75, 3.05) is 5.32 Å². The molecule has 0 fully saturated rings. The molecule has 128 valence electrons. The Bertz CT molecular complexity index is 1010.